The van der Waals surface area contributed by atoms with Crippen LogP contribution in [0.4, 0.5) is 0 Å². The van der Waals surface area contributed by atoms with Crippen LogP contribution in [0.1, 0.15) is 21.6 Å². The van der Waals surface area contributed by atoms with Gasteiger partial charge in [-0.25, -0.2) is 0 Å². The highest BCUT2D eigenvalue weighted by Gasteiger charge is 2.07. The number of amides is 1. The third-order valence-corrected chi connectivity index (χ3v) is 2.77. The first-order valence-corrected chi connectivity index (χ1v) is 5.84. The maximum absolute atomic E-state index is 11.8. The van der Waals surface area contributed by atoms with Crippen LogP contribution in [-0.2, 0) is 6.54 Å². The number of aryl methyl sites for hydroxylation is 1. The minimum Gasteiger partial charge on any atom is -0.347 e. The largest absolute Gasteiger partial charge is 0.347 e. The lowest BCUT2D eigenvalue weighted by atomic mass is 10.1. The van der Waals surface area contributed by atoms with E-state index in [0.717, 1.165) is 11.1 Å². The molecule has 5 heteroatoms. The third kappa shape index (κ3) is 3.05. The van der Waals surface area contributed by atoms with Crippen LogP contribution < -0.4 is 5.32 Å². The van der Waals surface area contributed by atoms with Gasteiger partial charge in [-0.3, -0.25) is 14.8 Å². The zero-order valence-electron chi connectivity index (χ0n) is 9.85. The summed E-state index contributed by atoms with van der Waals surface area (Å²) in [7, 11) is 0. The van der Waals surface area contributed by atoms with E-state index in [-0.39, 0.29) is 5.91 Å². The first-order chi connectivity index (χ1) is 8.66. The highest BCUT2D eigenvalue weighted by Crippen LogP contribution is 2.08. The van der Waals surface area contributed by atoms with Crippen molar-refractivity contribution in [3.8, 4) is 0 Å². The number of aromatic nitrogens is 2. The van der Waals surface area contributed by atoms with Crippen LogP contribution in [0.25, 0.3) is 0 Å². The molecule has 0 unspecified atom stereocenters. The Bertz CT molecular complexity index is 572. The molecule has 0 aliphatic rings. The second-order valence-corrected chi connectivity index (χ2v) is 4.28. The van der Waals surface area contributed by atoms with E-state index in [9.17, 15) is 4.79 Å². The molecule has 0 radical (unpaired) electrons. The molecule has 0 spiro atoms. The Labute approximate surface area is 110 Å². The molecule has 92 valence electrons. The number of carbonyl (C=O) groups excluding carboxylic acids is 1. The Balaban J connectivity index is 2.03. The Morgan fingerprint density at radius 3 is 2.94 bits per heavy atom. The number of nitrogens with one attached hydrogen (secondary N) is 1. The molecule has 0 aromatic carbocycles. The third-order valence-electron chi connectivity index (χ3n) is 2.53. The molecule has 0 saturated heterocycles. The Kier molecular flexibility index (Phi) is 3.89. The lowest BCUT2D eigenvalue weighted by Crippen LogP contribution is -2.24. The van der Waals surface area contributed by atoms with Gasteiger partial charge >= 0.3 is 0 Å². The van der Waals surface area contributed by atoms with Crippen molar-refractivity contribution in [1.29, 1.82) is 0 Å². The molecule has 4 nitrogen and oxygen atoms in total. The molecule has 2 aromatic heterocycles. The maximum atomic E-state index is 11.8. The van der Waals surface area contributed by atoms with Crippen molar-refractivity contribution in [2.24, 2.45) is 0 Å². The van der Waals surface area contributed by atoms with Crippen molar-refractivity contribution in [2.75, 3.05) is 0 Å². The lowest BCUT2D eigenvalue weighted by molar-refractivity contribution is 0.0946. The molecule has 0 aliphatic carbocycles. The summed E-state index contributed by atoms with van der Waals surface area (Å²) in [6.07, 6.45) is 4.97. The van der Waals surface area contributed by atoms with Gasteiger partial charge in [-0.15, -0.1) is 0 Å². The van der Waals surface area contributed by atoms with Crippen molar-refractivity contribution >= 4 is 17.5 Å². The van der Waals surface area contributed by atoms with Gasteiger partial charge in [0.2, 0.25) is 0 Å². The number of halogens is 1. The average Bonchev–Trinajstić information content (AvgIpc) is 2.37. The molecule has 2 aromatic rings. The number of carbonyl (C=O) groups is 1. The normalized spacial score (nSPS) is 10.1. The molecule has 0 fully saturated rings. The molecule has 1 amide bonds. The Morgan fingerprint density at radius 1 is 1.39 bits per heavy atom. The van der Waals surface area contributed by atoms with Crippen molar-refractivity contribution in [2.45, 2.75) is 13.5 Å². The molecule has 0 saturated carbocycles. The molecule has 0 atom stereocenters. The van der Waals surface area contributed by atoms with Gasteiger partial charge in [-0.05, 0) is 36.2 Å². The fraction of sp³-hybridized carbons (Fsp3) is 0.154. The maximum Gasteiger partial charge on any atom is 0.270 e. The minimum atomic E-state index is -0.242. The zero-order valence-corrected chi connectivity index (χ0v) is 10.6. The van der Waals surface area contributed by atoms with Gasteiger partial charge in [-0.2, -0.15) is 0 Å². The topological polar surface area (TPSA) is 54.9 Å². The summed E-state index contributed by atoms with van der Waals surface area (Å²) in [5, 5.41) is 3.29. The molecule has 0 aliphatic heterocycles. The number of pyridine rings is 2. The first-order valence-electron chi connectivity index (χ1n) is 5.46. The van der Waals surface area contributed by atoms with Crippen LogP contribution in [0.5, 0.6) is 0 Å². The van der Waals surface area contributed by atoms with E-state index in [4.69, 9.17) is 11.6 Å². The van der Waals surface area contributed by atoms with Crippen LogP contribution in [0.15, 0.2) is 36.8 Å². The summed E-state index contributed by atoms with van der Waals surface area (Å²) in [5.74, 6) is -0.242. The molecule has 18 heavy (non-hydrogen) atoms. The highest BCUT2D eigenvalue weighted by atomic mass is 35.5. The number of nitrogens with zero attached hydrogens (tertiary/aromatic N) is 2. The fourth-order valence-electron chi connectivity index (χ4n) is 1.50. The first kappa shape index (κ1) is 12.5. The SMILES string of the molecule is Cc1cnccc1CNC(=O)c1cc(Cl)ccn1. The van der Waals surface area contributed by atoms with Gasteiger partial charge in [-0.1, -0.05) is 11.6 Å². The molecule has 2 rings (SSSR count). The number of rotatable bonds is 3. The summed E-state index contributed by atoms with van der Waals surface area (Å²) >= 11 is 5.80. The summed E-state index contributed by atoms with van der Waals surface area (Å²) < 4.78 is 0. The molecule has 2 heterocycles. The number of hydrogen-bond acceptors (Lipinski definition) is 3. The van der Waals surface area contributed by atoms with Crippen molar-refractivity contribution in [1.82, 2.24) is 15.3 Å². The summed E-state index contributed by atoms with van der Waals surface area (Å²) in [6.45, 7) is 2.40. The predicted octanol–water partition coefficient (Wildman–Crippen LogP) is 2.37. The van der Waals surface area contributed by atoms with E-state index in [1.807, 2.05) is 13.0 Å². The summed E-state index contributed by atoms with van der Waals surface area (Å²) in [5.41, 5.74) is 2.38. The Morgan fingerprint density at radius 2 is 2.22 bits per heavy atom. The zero-order chi connectivity index (χ0) is 13.0. The predicted molar refractivity (Wildman–Crippen MR) is 69.4 cm³/mol. The smallest absolute Gasteiger partial charge is 0.270 e. The van der Waals surface area contributed by atoms with Gasteiger partial charge in [0, 0.05) is 30.2 Å². The van der Waals surface area contributed by atoms with E-state index >= 15 is 0 Å². The minimum absolute atomic E-state index is 0.242. The second-order valence-electron chi connectivity index (χ2n) is 3.84. The average molecular weight is 262 g/mol. The Hall–Kier alpha value is -1.94. The fourth-order valence-corrected chi connectivity index (χ4v) is 1.66. The van der Waals surface area contributed by atoms with Crippen molar-refractivity contribution < 1.29 is 4.79 Å². The standard InChI is InChI=1S/C13H12ClN3O/c1-9-7-15-4-2-10(9)8-17-13(18)12-6-11(14)3-5-16-12/h2-7H,8H2,1H3,(H,17,18). The monoisotopic (exact) mass is 261 g/mol. The van der Waals surface area contributed by atoms with E-state index < -0.39 is 0 Å². The van der Waals surface area contributed by atoms with E-state index in [1.165, 1.54) is 12.3 Å². The summed E-state index contributed by atoms with van der Waals surface area (Å²) in [6, 6.07) is 5.04. The molecule has 1 N–H and O–H groups in total. The van der Waals surface area contributed by atoms with Crippen LogP contribution in [0.3, 0.4) is 0 Å². The van der Waals surface area contributed by atoms with Crippen LogP contribution in [0.2, 0.25) is 5.02 Å². The van der Waals surface area contributed by atoms with Crippen molar-refractivity contribution in [3.05, 3.63) is 58.6 Å². The molecular weight excluding hydrogens is 250 g/mol. The van der Waals surface area contributed by atoms with Gasteiger partial charge < -0.3 is 5.32 Å². The van der Waals surface area contributed by atoms with Gasteiger partial charge in [0.25, 0.3) is 5.91 Å². The van der Waals surface area contributed by atoms with Crippen LogP contribution in [0, 0.1) is 6.92 Å². The van der Waals surface area contributed by atoms with Gasteiger partial charge in [0.1, 0.15) is 5.69 Å². The van der Waals surface area contributed by atoms with Gasteiger partial charge in [0.15, 0.2) is 0 Å². The van der Waals surface area contributed by atoms with Crippen LogP contribution >= 0.6 is 11.6 Å². The summed E-state index contributed by atoms with van der Waals surface area (Å²) in [4.78, 5) is 19.8. The lowest BCUT2D eigenvalue weighted by Gasteiger charge is -2.07. The van der Waals surface area contributed by atoms with E-state index in [0.29, 0.717) is 17.3 Å². The van der Waals surface area contributed by atoms with E-state index in [2.05, 4.69) is 15.3 Å². The molecular formula is C13H12ClN3O. The van der Waals surface area contributed by atoms with Gasteiger partial charge in [0.05, 0.1) is 0 Å². The second kappa shape index (κ2) is 5.60. The van der Waals surface area contributed by atoms with E-state index in [1.54, 1.807) is 18.5 Å². The highest BCUT2D eigenvalue weighted by molar-refractivity contribution is 6.30. The van der Waals surface area contributed by atoms with Crippen molar-refractivity contribution in [3.63, 3.8) is 0 Å². The molecule has 0 bridgehead atoms. The quantitative estimate of drug-likeness (QED) is 0.923. The number of hydrogen-bond donors (Lipinski definition) is 1. The van der Waals surface area contributed by atoms with Crippen LogP contribution in [-0.4, -0.2) is 15.9 Å².